The topological polar surface area (TPSA) is 73.2 Å². The van der Waals surface area contributed by atoms with Gasteiger partial charge in [0.1, 0.15) is 11.9 Å². The highest BCUT2D eigenvalue weighted by Crippen LogP contribution is 2.38. The van der Waals surface area contributed by atoms with Crippen molar-refractivity contribution < 1.29 is 14.3 Å². The largest absolute Gasteiger partial charge is 0.465 e. The van der Waals surface area contributed by atoms with Gasteiger partial charge in [-0.05, 0) is 55.9 Å². The van der Waals surface area contributed by atoms with Gasteiger partial charge in [-0.1, -0.05) is 62.8 Å². The van der Waals surface area contributed by atoms with E-state index in [0.29, 0.717) is 5.56 Å². The standard InChI is InChI=1S/C29H35N3O3/c1-35-29(34)22-18-16-21(17-19-22)27-31-24-14-8-9-15-25(24)32(27)26(20-10-4-2-5-11-20)28(33)30-23-12-6-3-7-13-23/h8-9,14-20,23,26H,2-7,10-13H2,1H3,(H,30,33). The van der Waals surface area contributed by atoms with E-state index in [1.54, 1.807) is 12.1 Å². The molecule has 1 heterocycles. The zero-order chi connectivity index (χ0) is 24.2. The minimum absolute atomic E-state index is 0.124. The van der Waals surface area contributed by atoms with E-state index in [9.17, 15) is 9.59 Å². The molecule has 1 N–H and O–H groups in total. The van der Waals surface area contributed by atoms with Crippen molar-refractivity contribution in [3.8, 4) is 11.4 Å². The maximum Gasteiger partial charge on any atom is 0.337 e. The van der Waals surface area contributed by atoms with Gasteiger partial charge in [-0.25, -0.2) is 9.78 Å². The van der Waals surface area contributed by atoms with E-state index in [0.717, 1.165) is 60.9 Å². The molecule has 184 valence electrons. The number of amides is 1. The summed E-state index contributed by atoms with van der Waals surface area (Å²) in [6, 6.07) is 15.4. The van der Waals surface area contributed by atoms with Crippen LogP contribution < -0.4 is 5.32 Å². The highest BCUT2D eigenvalue weighted by atomic mass is 16.5. The summed E-state index contributed by atoms with van der Waals surface area (Å²) in [7, 11) is 1.38. The van der Waals surface area contributed by atoms with Gasteiger partial charge in [0.25, 0.3) is 0 Å². The molecule has 1 atom stereocenters. The lowest BCUT2D eigenvalue weighted by Crippen LogP contribution is -2.43. The number of rotatable bonds is 6. The molecule has 0 aliphatic heterocycles. The number of nitrogens with zero attached hydrogens (tertiary/aromatic N) is 2. The van der Waals surface area contributed by atoms with E-state index in [4.69, 9.17) is 9.72 Å². The molecule has 0 spiro atoms. The minimum atomic E-state index is -0.364. The second-order valence-electron chi connectivity index (χ2n) is 10.0. The summed E-state index contributed by atoms with van der Waals surface area (Å²) in [5.41, 5.74) is 3.25. The Labute approximate surface area is 207 Å². The van der Waals surface area contributed by atoms with E-state index >= 15 is 0 Å². The van der Waals surface area contributed by atoms with Crippen LogP contribution in [0.1, 0.15) is 80.6 Å². The zero-order valence-electron chi connectivity index (χ0n) is 20.5. The Bertz CT molecular complexity index is 1170. The number of nitrogens with one attached hydrogen (secondary N) is 1. The number of aromatic nitrogens is 2. The van der Waals surface area contributed by atoms with Gasteiger partial charge in [0.15, 0.2) is 0 Å². The second-order valence-corrected chi connectivity index (χ2v) is 10.0. The fourth-order valence-corrected chi connectivity index (χ4v) is 5.93. The Morgan fingerprint density at radius 1 is 0.914 bits per heavy atom. The Hall–Kier alpha value is -3.15. The summed E-state index contributed by atoms with van der Waals surface area (Å²) in [6.45, 7) is 0. The van der Waals surface area contributed by atoms with Crippen LogP contribution in [-0.2, 0) is 9.53 Å². The van der Waals surface area contributed by atoms with Crippen molar-refractivity contribution in [2.45, 2.75) is 76.3 Å². The number of benzene rings is 2. The Balaban J connectivity index is 1.59. The van der Waals surface area contributed by atoms with Crippen molar-refractivity contribution in [1.82, 2.24) is 14.9 Å². The van der Waals surface area contributed by atoms with Crippen molar-refractivity contribution in [2.75, 3.05) is 7.11 Å². The molecule has 1 amide bonds. The normalized spacial score (nSPS) is 18.3. The molecule has 2 aliphatic rings. The van der Waals surface area contributed by atoms with Gasteiger partial charge < -0.3 is 14.6 Å². The van der Waals surface area contributed by atoms with Crippen molar-refractivity contribution in [3.05, 3.63) is 54.1 Å². The van der Waals surface area contributed by atoms with Crippen molar-refractivity contribution in [1.29, 1.82) is 0 Å². The van der Waals surface area contributed by atoms with E-state index < -0.39 is 0 Å². The SMILES string of the molecule is COC(=O)c1ccc(-c2nc3ccccc3n2C(C(=O)NC2CCCCC2)C2CCCCC2)cc1. The number of fused-ring (bicyclic) bond motifs is 1. The first kappa shape index (κ1) is 23.6. The van der Waals surface area contributed by atoms with Gasteiger partial charge in [0.05, 0.1) is 23.7 Å². The first-order chi connectivity index (χ1) is 17.2. The van der Waals surface area contributed by atoms with Crippen LogP contribution in [0.4, 0.5) is 0 Å². The number of carbonyl (C=O) groups excluding carboxylic acids is 2. The Morgan fingerprint density at radius 2 is 1.57 bits per heavy atom. The van der Waals surface area contributed by atoms with Crippen LogP contribution in [0.25, 0.3) is 22.4 Å². The molecule has 2 saturated carbocycles. The quantitative estimate of drug-likeness (QED) is 0.442. The minimum Gasteiger partial charge on any atom is -0.465 e. The first-order valence-corrected chi connectivity index (χ1v) is 13.1. The van der Waals surface area contributed by atoms with Crippen LogP contribution in [0.3, 0.4) is 0 Å². The van der Waals surface area contributed by atoms with Gasteiger partial charge in [-0.3, -0.25) is 4.79 Å². The van der Waals surface area contributed by atoms with Crippen molar-refractivity contribution in [2.24, 2.45) is 5.92 Å². The Kier molecular flexibility index (Phi) is 7.16. The number of para-hydroxylation sites is 2. The van der Waals surface area contributed by atoms with Crippen LogP contribution in [-0.4, -0.2) is 34.6 Å². The molecule has 1 unspecified atom stereocenters. The molecule has 2 aliphatic carbocycles. The maximum absolute atomic E-state index is 14.0. The third-order valence-corrected chi connectivity index (χ3v) is 7.75. The van der Waals surface area contributed by atoms with Crippen LogP contribution in [0.2, 0.25) is 0 Å². The zero-order valence-corrected chi connectivity index (χ0v) is 20.5. The first-order valence-electron chi connectivity index (χ1n) is 13.1. The van der Waals surface area contributed by atoms with Crippen molar-refractivity contribution >= 4 is 22.9 Å². The maximum atomic E-state index is 14.0. The molecule has 1 aromatic heterocycles. The highest BCUT2D eigenvalue weighted by molar-refractivity contribution is 5.91. The number of esters is 1. The molecule has 35 heavy (non-hydrogen) atoms. The third kappa shape index (κ3) is 4.97. The number of ether oxygens (including phenoxy) is 1. The average Bonchev–Trinajstić information content (AvgIpc) is 3.29. The summed E-state index contributed by atoms with van der Waals surface area (Å²) >= 11 is 0. The Morgan fingerprint density at radius 3 is 2.26 bits per heavy atom. The molecular weight excluding hydrogens is 438 g/mol. The summed E-state index contributed by atoms with van der Waals surface area (Å²) < 4.78 is 7.04. The van der Waals surface area contributed by atoms with Gasteiger partial charge >= 0.3 is 5.97 Å². The van der Waals surface area contributed by atoms with Crippen LogP contribution >= 0.6 is 0 Å². The van der Waals surface area contributed by atoms with E-state index in [-0.39, 0.29) is 29.9 Å². The van der Waals surface area contributed by atoms with Crippen LogP contribution in [0.5, 0.6) is 0 Å². The fourth-order valence-electron chi connectivity index (χ4n) is 5.93. The molecule has 5 rings (SSSR count). The molecule has 2 aromatic carbocycles. The lowest BCUT2D eigenvalue weighted by molar-refractivity contribution is -0.127. The summed E-state index contributed by atoms with van der Waals surface area (Å²) in [5.74, 6) is 0.811. The van der Waals surface area contributed by atoms with Gasteiger partial charge in [0.2, 0.25) is 5.91 Å². The molecule has 6 heteroatoms. The lowest BCUT2D eigenvalue weighted by Gasteiger charge is -2.33. The van der Waals surface area contributed by atoms with Gasteiger partial charge in [-0.15, -0.1) is 0 Å². The predicted molar refractivity (Wildman–Crippen MR) is 137 cm³/mol. The molecular formula is C29H35N3O3. The van der Waals surface area contributed by atoms with Crippen LogP contribution in [0, 0.1) is 5.92 Å². The molecule has 3 aromatic rings. The van der Waals surface area contributed by atoms with E-state index in [2.05, 4.69) is 16.0 Å². The number of imidazole rings is 1. The summed E-state index contributed by atoms with van der Waals surface area (Å²) in [5, 5.41) is 3.43. The van der Waals surface area contributed by atoms with Gasteiger partial charge in [-0.2, -0.15) is 0 Å². The molecule has 2 fully saturated rings. The highest BCUT2D eigenvalue weighted by Gasteiger charge is 2.35. The monoisotopic (exact) mass is 473 g/mol. The number of hydrogen-bond donors (Lipinski definition) is 1. The molecule has 6 nitrogen and oxygen atoms in total. The average molecular weight is 474 g/mol. The van der Waals surface area contributed by atoms with E-state index in [1.807, 2.05) is 30.3 Å². The molecule has 0 radical (unpaired) electrons. The predicted octanol–water partition coefficient (Wildman–Crippen LogP) is 6.06. The number of carbonyl (C=O) groups is 2. The van der Waals surface area contributed by atoms with Crippen molar-refractivity contribution in [3.63, 3.8) is 0 Å². The number of hydrogen-bond acceptors (Lipinski definition) is 4. The molecule has 0 saturated heterocycles. The fraction of sp³-hybridized carbons (Fsp3) is 0.483. The lowest BCUT2D eigenvalue weighted by atomic mass is 9.82. The van der Waals surface area contributed by atoms with Crippen LogP contribution in [0.15, 0.2) is 48.5 Å². The smallest absolute Gasteiger partial charge is 0.337 e. The third-order valence-electron chi connectivity index (χ3n) is 7.75. The number of methoxy groups -OCH3 is 1. The van der Waals surface area contributed by atoms with Gasteiger partial charge in [0, 0.05) is 11.6 Å². The second kappa shape index (κ2) is 10.6. The molecule has 0 bridgehead atoms. The van der Waals surface area contributed by atoms with E-state index in [1.165, 1.54) is 32.8 Å². The summed E-state index contributed by atoms with van der Waals surface area (Å²) in [6.07, 6.45) is 11.4. The summed E-state index contributed by atoms with van der Waals surface area (Å²) in [4.78, 5) is 31.0.